The third kappa shape index (κ3) is 2.49. The summed E-state index contributed by atoms with van der Waals surface area (Å²) < 4.78 is 18.2. The van der Waals surface area contributed by atoms with E-state index < -0.39 is 5.82 Å². The molecule has 0 aliphatic heterocycles. The SMILES string of the molecule is COc1cc(Nc2c(N)cccc2Cl)ccc1F. The van der Waals surface area contributed by atoms with Crippen molar-refractivity contribution in [1.29, 1.82) is 0 Å². The minimum absolute atomic E-state index is 0.158. The number of ether oxygens (including phenoxy) is 1. The number of benzene rings is 2. The van der Waals surface area contributed by atoms with Gasteiger partial charge in [-0.25, -0.2) is 4.39 Å². The summed E-state index contributed by atoms with van der Waals surface area (Å²) in [5.41, 5.74) is 7.57. The topological polar surface area (TPSA) is 47.3 Å². The summed E-state index contributed by atoms with van der Waals surface area (Å²) in [5, 5.41) is 3.54. The van der Waals surface area contributed by atoms with Crippen LogP contribution in [-0.4, -0.2) is 7.11 Å². The van der Waals surface area contributed by atoms with E-state index in [9.17, 15) is 4.39 Å². The molecule has 3 N–H and O–H groups in total. The molecular formula is C13H12ClFN2O. The zero-order valence-electron chi connectivity index (χ0n) is 9.71. The first-order valence-electron chi connectivity index (χ1n) is 5.26. The maximum Gasteiger partial charge on any atom is 0.165 e. The highest BCUT2D eigenvalue weighted by atomic mass is 35.5. The molecule has 0 heterocycles. The van der Waals surface area contributed by atoms with Gasteiger partial charge in [0.05, 0.1) is 23.5 Å². The molecule has 3 nitrogen and oxygen atoms in total. The predicted molar refractivity (Wildman–Crippen MR) is 72.1 cm³/mol. The van der Waals surface area contributed by atoms with Crippen LogP contribution >= 0.6 is 11.6 Å². The van der Waals surface area contributed by atoms with Gasteiger partial charge in [0.15, 0.2) is 11.6 Å². The zero-order chi connectivity index (χ0) is 13.1. The van der Waals surface area contributed by atoms with Gasteiger partial charge in [-0.15, -0.1) is 0 Å². The molecule has 2 rings (SSSR count). The van der Waals surface area contributed by atoms with Crippen LogP contribution in [0.25, 0.3) is 0 Å². The van der Waals surface area contributed by atoms with Gasteiger partial charge in [0.1, 0.15) is 0 Å². The summed E-state index contributed by atoms with van der Waals surface area (Å²) in [6.07, 6.45) is 0. The number of nitrogens with two attached hydrogens (primary N) is 1. The van der Waals surface area contributed by atoms with Crippen molar-refractivity contribution < 1.29 is 9.13 Å². The molecule has 94 valence electrons. The van der Waals surface area contributed by atoms with Crippen LogP contribution in [-0.2, 0) is 0 Å². The Kier molecular flexibility index (Phi) is 3.58. The third-order valence-corrected chi connectivity index (χ3v) is 2.78. The van der Waals surface area contributed by atoms with E-state index in [-0.39, 0.29) is 5.75 Å². The second kappa shape index (κ2) is 5.14. The highest BCUT2D eigenvalue weighted by Gasteiger charge is 2.07. The fraction of sp³-hybridized carbons (Fsp3) is 0.0769. The lowest BCUT2D eigenvalue weighted by atomic mass is 10.2. The number of halogens is 2. The lowest BCUT2D eigenvalue weighted by Gasteiger charge is -2.12. The molecule has 0 saturated heterocycles. The molecule has 0 saturated carbocycles. The summed E-state index contributed by atoms with van der Waals surface area (Å²) in [4.78, 5) is 0. The summed E-state index contributed by atoms with van der Waals surface area (Å²) in [5.74, 6) is -0.263. The van der Waals surface area contributed by atoms with Crippen molar-refractivity contribution in [2.45, 2.75) is 0 Å². The smallest absolute Gasteiger partial charge is 0.165 e. The molecule has 0 aromatic heterocycles. The Labute approximate surface area is 109 Å². The van der Waals surface area contributed by atoms with Gasteiger partial charge >= 0.3 is 0 Å². The maximum atomic E-state index is 13.3. The Bertz CT molecular complexity index is 555. The van der Waals surface area contributed by atoms with Crippen LogP contribution in [0, 0.1) is 5.82 Å². The Morgan fingerprint density at radius 3 is 2.72 bits per heavy atom. The van der Waals surface area contributed by atoms with Gasteiger partial charge in [-0.1, -0.05) is 17.7 Å². The van der Waals surface area contributed by atoms with Crippen molar-refractivity contribution in [3.05, 3.63) is 47.2 Å². The van der Waals surface area contributed by atoms with Crippen molar-refractivity contribution >= 4 is 28.7 Å². The molecule has 0 unspecified atom stereocenters. The number of nitrogens with one attached hydrogen (secondary N) is 1. The van der Waals surface area contributed by atoms with Crippen molar-refractivity contribution in [2.75, 3.05) is 18.2 Å². The Morgan fingerprint density at radius 1 is 1.28 bits per heavy atom. The van der Waals surface area contributed by atoms with Crippen LogP contribution in [0.1, 0.15) is 0 Å². The standard InChI is InChI=1S/C13H12ClFN2O/c1-18-12-7-8(5-6-10(12)15)17-13-9(14)3-2-4-11(13)16/h2-7,17H,16H2,1H3. The molecule has 0 radical (unpaired) electrons. The van der Waals surface area contributed by atoms with Gasteiger partial charge in [-0.05, 0) is 24.3 Å². The van der Waals surface area contributed by atoms with Crippen LogP contribution in [0.2, 0.25) is 5.02 Å². The second-order valence-electron chi connectivity index (χ2n) is 3.68. The fourth-order valence-electron chi connectivity index (χ4n) is 1.55. The Balaban J connectivity index is 2.34. The van der Waals surface area contributed by atoms with Crippen molar-refractivity contribution in [1.82, 2.24) is 0 Å². The first kappa shape index (κ1) is 12.5. The molecule has 0 spiro atoms. The van der Waals surface area contributed by atoms with E-state index in [1.165, 1.54) is 19.2 Å². The molecule has 0 fully saturated rings. The first-order chi connectivity index (χ1) is 8.61. The highest BCUT2D eigenvalue weighted by molar-refractivity contribution is 6.34. The maximum absolute atomic E-state index is 13.3. The van der Waals surface area contributed by atoms with Gasteiger partial charge in [-0.3, -0.25) is 0 Å². The van der Waals surface area contributed by atoms with Crippen molar-refractivity contribution in [2.24, 2.45) is 0 Å². The minimum atomic E-state index is -0.421. The van der Waals surface area contributed by atoms with E-state index in [2.05, 4.69) is 5.32 Å². The average Bonchev–Trinajstić information content (AvgIpc) is 2.36. The lowest BCUT2D eigenvalue weighted by molar-refractivity contribution is 0.387. The molecule has 0 aliphatic carbocycles. The molecule has 18 heavy (non-hydrogen) atoms. The molecule has 2 aromatic rings. The second-order valence-corrected chi connectivity index (χ2v) is 4.09. The van der Waals surface area contributed by atoms with Gasteiger partial charge in [0, 0.05) is 11.8 Å². The molecular weight excluding hydrogens is 255 g/mol. The zero-order valence-corrected chi connectivity index (χ0v) is 10.5. The lowest BCUT2D eigenvalue weighted by Crippen LogP contribution is -1.98. The van der Waals surface area contributed by atoms with Gasteiger partial charge < -0.3 is 15.8 Å². The van der Waals surface area contributed by atoms with Crippen molar-refractivity contribution in [3.8, 4) is 5.75 Å². The third-order valence-electron chi connectivity index (χ3n) is 2.47. The average molecular weight is 267 g/mol. The Morgan fingerprint density at radius 2 is 2.06 bits per heavy atom. The van der Waals surface area contributed by atoms with Gasteiger partial charge in [0.25, 0.3) is 0 Å². The molecule has 0 atom stereocenters. The fourth-order valence-corrected chi connectivity index (χ4v) is 1.78. The van der Waals surface area contributed by atoms with Crippen LogP contribution < -0.4 is 15.8 Å². The van der Waals surface area contributed by atoms with Crippen LogP contribution in [0.3, 0.4) is 0 Å². The summed E-state index contributed by atoms with van der Waals surface area (Å²) in [7, 11) is 1.41. The minimum Gasteiger partial charge on any atom is -0.494 e. The highest BCUT2D eigenvalue weighted by Crippen LogP contribution is 2.32. The number of hydrogen-bond acceptors (Lipinski definition) is 3. The molecule has 2 aromatic carbocycles. The predicted octanol–water partition coefficient (Wildman–Crippen LogP) is 3.81. The van der Waals surface area contributed by atoms with E-state index >= 15 is 0 Å². The summed E-state index contributed by atoms with van der Waals surface area (Å²) in [6.45, 7) is 0. The van der Waals surface area contributed by atoms with Gasteiger partial charge in [0.2, 0.25) is 0 Å². The normalized spacial score (nSPS) is 10.2. The van der Waals surface area contributed by atoms with E-state index in [4.69, 9.17) is 22.1 Å². The van der Waals surface area contributed by atoms with Gasteiger partial charge in [-0.2, -0.15) is 0 Å². The number of anilines is 3. The van der Waals surface area contributed by atoms with E-state index in [1.807, 2.05) is 0 Å². The van der Waals surface area contributed by atoms with Crippen LogP contribution in [0.4, 0.5) is 21.5 Å². The van der Waals surface area contributed by atoms with Crippen LogP contribution in [0.15, 0.2) is 36.4 Å². The molecule has 0 amide bonds. The monoisotopic (exact) mass is 266 g/mol. The summed E-state index contributed by atoms with van der Waals surface area (Å²) >= 11 is 6.04. The van der Waals surface area contributed by atoms with Crippen LogP contribution in [0.5, 0.6) is 5.75 Å². The largest absolute Gasteiger partial charge is 0.494 e. The first-order valence-corrected chi connectivity index (χ1v) is 5.64. The number of rotatable bonds is 3. The van der Waals surface area contributed by atoms with E-state index in [0.717, 1.165) is 0 Å². The summed E-state index contributed by atoms with van der Waals surface area (Å²) in [6, 6.07) is 9.65. The number of nitrogen functional groups attached to an aromatic ring is 1. The quantitative estimate of drug-likeness (QED) is 0.831. The Hall–Kier alpha value is -1.94. The molecule has 0 aliphatic rings. The van der Waals surface area contributed by atoms with Crippen molar-refractivity contribution in [3.63, 3.8) is 0 Å². The molecule has 5 heteroatoms. The molecule has 0 bridgehead atoms. The van der Waals surface area contributed by atoms with E-state index in [1.54, 1.807) is 24.3 Å². The number of methoxy groups -OCH3 is 1. The number of para-hydroxylation sites is 1. The van der Waals surface area contributed by atoms with E-state index in [0.29, 0.717) is 22.1 Å². The number of hydrogen-bond donors (Lipinski definition) is 2.